The van der Waals surface area contributed by atoms with Gasteiger partial charge in [0.15, 0.2) is 5.76 Å². The van der Waals surface area contributed by atoms with Gasteiger partial charge in [-0.05, 0) is 62.4 Å². The lowest BCUT2D eigenvalue weighted by atomic mass is 9.93. The van der Waals surface area contributed by atoms with Crippen LogP contribution in [0.25, 0.3) is 21.8 Å². The number of rotatable bonds is 5. The molecule has 0 bridgehead atoms. The first-order valence-corrected chi connectivity index (χ1v) is 13.3. The van der Waals surface area contributed by atoms with Gasteiger partial charge in [-0.3, -0.25) is 9.59 Å². The molecule has 3 heterocycles. The molecule has 3 aromatic heterocycles. The van der Waals surface area contributed by atoms with Gasteiger partial charge >= 0.3 is 0 Å². The van der Waals surface area contributed by atoms with Crippen molar-refractivity contribution in [2.45, 2.75) is 39.7 Å². The smallest absolute Gasteiger partial charge is 0.291 e. The Balaban J connectivity index is 1.29. The number of hydrogen-bond donors (Lipinski definition) is 2. The SMILES string of the molecule is CCn1c2ccccc2c2cc(NC(=O)c3oc4c(c3C)/C(=N/NC(=O)c3cccs3)CCC4)ccc21. The van der Waals surface area contributed by atoms with Gasteiger partial charge in [0, 0.05) is 51.6 Å². The van der Waals surface area contributed by atoms with Gasteiger partial charge in [0.2, 0.25) is 0 Å². The van der Waals surface area contributed by atoms with Gasteiger partial charge in [0.1, 0.15) is 5.76 Å². The molecule has 6 rings (SSSR count). The quantitative estimate of drug-likeness (QED) is 0.265. The van der Waals surface area contributed by atoms with E-state index < -0.39 is 0 Å². The lowest BCUT2D eigenvalue weighted by Gasteiger charge is -2.13. The summed E-state index contributed by atoms with van der Waals surface area (Å²) in [6.07, 6.45) is 2.27. The molecule has 0 saturated heterocycles. The summed E-state index contributed by atoms with van der Waals surface area (Å²) < 4.78 is 8.33. The fraction of sp³-hybridized carbons (Fsp3) is 0.207. The Morgan fingerprint density at radius 2 is 1.86 bits per heavy atom. The van der Waals surface area contributed by atoms with E-state index in [0.29, 0.717) is 17.0 Å². The van der Waals surface area contributed by atoms with E-state index in [2.05, 4.69) is 45.5 Å². The average Bonchev–Trinajstić information content (AvgIpc) is 3.64. The molecule has 0 aliphatic heterocycles. The summed E-state index contributed by atoms with van der Waals surface area (Å²) in [4.78, 5) is 26.3. The topological polar surface area (TPSA) is 88.6 Å². The molecule has 1 aliphatic rings. The van der Waals surface area contributed by atoms with E-state index in [4.69, 9.17) is 4.42 Å². The van der Waals surface area contributed by atoms with E-state index in [1.54, 1.807) is 6.07 Å². The van der Waals surface area contributed by atoms with E-state index in [1.807, 2.05) is 42.6 Å². The minimum Gasteiger partial charge on any atom is -0.455 e. The van der Waals surface area contributed by atoms with Gasteiger partial charge in [-0.2, -0.15) is 5.10 Å². The number of aromatic nitrogens is 1. The predicted molar refractivity (Wildman–Crippen MR) is 148 cm³/mol. The van der Waals surface area contributed by atoms with Crippen LogP contribution in [0.2, 0.25) is 0 Å². The number of furan rings is 1. The Morgan fingerprint density at radius 3 is 2.68 bits per heavy atom. The van der Waals surface area contributed by atoms with Gasteiger partial charge in [-0.1, -0.05) is 24.3 Å². The highest BCUT2D eigenvalue weighted by molar-refractivity contribution is 7.12. The standard InChI is InChI=1S/C29H26N4O3S/c1-3-33-22-10-5-4-8-19(22)20-16-18(13-14-23(20)33)30-29(35)27-17(2)26-21(9-6-11-24(26)36-27)31-32-28(34)25-12-7-15-37-25/h4-5,7-8,10,12-16H,3,6,9,11H2,1-2H3,(H,30,35)(H,32,34)/b31-21+. The van der Waals surface area contributed by atoms with Crippen LogP contribution in [0.15, 0.2) is 69.5 Å². The number of nitrogens with zero attached hydrogens (tertiary/aromatic N) is 2. The van der Waals surface area contributed by atoms with Gasteiger partial charge in [0.05, 0.1) is 10.6 Å². The number of amides is 2. The van der Waals surface area contributed by atoms with E-state index in [-0.39, 0.29) is 17.6 Å². The number of carbonyl (C=O) groups is 2. The third kappa shape index (κ3) is 4.03. The van der Waals surface area contributed by atoms with Gasteiger partial charge < -0.3 is 14.3 Å². The largest absolute Gasteiger partial charge is 0.455 e. The monoisotopic (exact) mass is 510 g/mol. The van der Waals surface area contributed by atoms with E-state index in [1.165, 1.54) is 16.9 Å². The van der Waals surface area contributed by atoms with E-state index in [9.17, 15) is 9.59 Å². The zero-order valence-corrected chi connectivity index (χ0v) is 21.4. The number of para-hydroxylation sites is 1. The molecular formula is C29H26N4O3S. The number of anilines is 1. The van der Waals surface area contributed by atoms with Crippen LogP contribution in [0, 0.1) is 6.92 Å². The van der Waals surface area contributed by atoms with Crippen molar-refractivity contribution in [3.8, 4) is 0 Å². The molecule has 0 unspecified atom stereocenters. The Labute approximate surface area is 217 Å². The first-order chi connectivity index (χ1) is 18.0. The predicted octanol–water partition coefficient (Wildman–Crippen LogP) is 6.50. The highest BCUT2D eigenvalue weighted by Crippen LogP contribution is 2.33. The van der Waals surface area contributed by atoms with Crippen molar-refractivity contribution in [3.05, 3.63) is 87.5 Å². The second kappa shape index (κ2) is 9.37. The molecular weight excluding hydrogens is 484 g/mol. The summed E-state index contributed by atoms with van der Waals surface area (Å²) >= 11 is 1.36. The Bertz CT molecular complexity index is 1690. The summed E-state index contributed by atoms with van der Waals surface area (Å²) in [5, 5.41) is 11.5. The molecule has 2 aromatic carbocycles. The number of hydrogen-bond acceptors (Lipinski definition) is 5. The molecule has 0 spiro atoms. The molecule has 186 valence electrons. The van der Waals surface area contributed by atoms with Crippen LogP contribution < -0.4 is 10.7 Å². The fourth-order valence-electron chi connectivity index (χ4n) is 5.24. The zero-order valence-electron chi connectivity index (χ0n) is 20.6. The minimum absolute atomic E-state index is 0.242. The summed E-state index contributed by atoms with van der Waals surface area (Å²) in [7, 11) is 0. The fourth-order valence-corrected chi connectivity index (χ4v) is 5.85. The first-order valence-electron chi connectivity index (χ1n) is 12.4. The van der Waals surface area contributed by atoms with Crippen LogP contribution in [-0.4, -0.2) is 22.1 Å². The molecule has 7 nitrogen and oxygen atoms in total. The summed E-state index contributed by atoms with van der Waals surface area (Å²) in [6.45, 7) is 4.87. The summed E-state index contributed by atoms with van der Waals surface area (Å²) in [6, 6.07) is 17.9. The van der Waals surface area contributed by atoms with Gasteiger partial charge in [-0.25, -0.2) is 5.43 Å². The number of carbonyl (C=O) groups excluding carboxylic acids is 2. The lowest BCUT2D eigenvalue weighted by molar-refractivity contribution is 0.0957. The number of hydrazone groups is 1. The van der Waals surface area contributed by atoms with Crippen LogP contribution in [0.4, 0.5) is 5.69 Å². The second-order valence-corrected chi connectivity index (χ2v) is 10.1. The number of aryl methyl sites for hydroxylation is 2. The van der Waals surface area contributed by atoms with E-state index >= 15 is 0 Å². The molecule has 0 atom stereocenters. The van der Waals surface area contributed by atoms with Crippen LogP contribution in [0.5, 0.6) is 0 Å². The van der Waals surface area contributed by atoms with Crippen molar-refractivity contribution in [3.63, 3.8) is 0 Å². The summed E-state index contributed by atoms with van der Waals surface area (Å²) in [5.41, 5.74) is 7.97. The van der Waals surface area contributed by atoms with Crippen molar-refractivity contribution in [1.82, 2.24) is 9.99 Å². The molecule has 5 aromatic rings. The van der Waals surface area contributed by atoms with Crippen LogP contribution in [-0.2, 0) is 13.0 Å². The third-order valence-corrected chi connectivity index (χ3v) is 7.78. The summed E-state index contributed by atoms with van der Waals surface area (Å²) in [5.74, 6) is 0.473. The van der Waals surface area contributed by atoms with Crippen molar-refractivity contribution in [1.29, 1.82) is 0 Å². The maximum Gasteiger partial charge on any atom is 0.291 e. The van der Waals surface area contributed by atoms with Crippen molar-refractivity contribution >= 4 is 56.4 Å². The number of nitrogens with one attached hydrogen (secondary N) is 2. The lowest BCUT2D eigenvalue weighted by Crippen LogP contribution is -2.21. The van der Waals surface area contributed by atoms with Crippen LogP contribution in [0.1, 0.15) is 56.9 Å². The second-order valence-electron chi connectivity index (χ2n) is 9.13. The third-order valence-electron chi connectivity index (χ3n) is 6.92. The van der Waals surface area contributed by atoms with Crippen molar-refractivity contribution in [2.75, 3.05) is 5.32 Å². The molecule has 8 heteroatoms. The highest BCUT2D eigenvalue weighted by atomic mass is 32.1. The normalized spacial score (nSPS) is 14.3. The molecule has 0 saturated carbocycles. The number of benzene rings is 2. The number of thiophene rings is 1. The maximum absolute atomic E-state index is 13.3. The minimum atomic E-state index is -0.299. The molecule has 0 fully saturated rings. The molecule has 2 N–H and O–H groups in total. The number of fused-ring (bicyclic) bond motifs is 4. The Kier molecular flexibility index (Phi) is 5.88. The first kappa shape index (κ1) is 23.2. The van der Waals surface area contributed by atoms with Crippen molar-refractivity contribution < 1.29 is 14.0 Å². The van der Waals surface area contributed by atoms with Gasteiger partial charge in [-0.15, -0.1) is 11.3 Å². The highest BCUT2D eigenvalue weighted by Gasteiger charge is 2.28. The van der Waals surface area contributed by atoms with Gasteiger partial charge in [0.25, 0.3) is 11.8 Å². The molecule has 0 radical (unpaired) electrons. The molecule has 1 aliphatic carbocycles. The average molecular weight is 511 g/mol. The van der Waals surface area contributed by atoms with Crippen LogP contribution in [0.3, 0.4) is 0 Å². The van der Waals surface area contributed by atoms with Crippen LogP contribution >= 0.6 is 11.3 Å². The molecule has 2 amide bonds. The molecule has 37 heavy (non-hydrogen) atoms. The maximum atomic E-state index is 13.3. The Morgan fingerprint density at radius 1 is 1.03 bits per heavy atom. The van der Waals surface area contributed by atoms with Crippen molar-refractivity contribution in [2.24, 2.45) is 5.10 Å². The van der Waals surface area contributed by atoms with E-state index in [0.717, 1.165) is 58.3 Å². The Hall–Kier alpha value is -4.17. The zero-order chi connectivity index (χ0) is 25.5.